The molecule has 20 heavy (non-hydrogen) atoms. The number of hydrogen-bond donors (Lipinski definition) is 1. The normalized spacial score (nSPS) is 12.7. The van der Waals surface area contributed by atoms with Crippen molar-refractivity contribution < 1.29 is 0 Å². The molecule has 1 aromatic carbocycles. The number of aromatic nitrogens is 1. The van der Waals surface area contributed by atoms with E-state index in [0.29, 0.717) is 12.6 Å². The third-order valence-corrected chi connectivity index (χ3v) is 3.75. The maximum absolute atomic E-state index is 5.92. The fourth-order valence-corrected chi connectivity index (χ4v) is 2.25. The number of hydrogen-bond acceptors (Lipinski definition) is 3. The summed E-state index contributed by atoms with van der Waals surface area (Å²) in [6, 6.07) is 14.3. The van der Waals surface area contributed by atoms with Crippen LogP contribution in [-0.2, 0) is 13.1 Å². The lowest BCUT2D eigenvalue weighted by atomic mass is 10.1. The molecule has 0 aliphatic heterocycles. The molecule has 3 nitrogen and oxygen atoms in total. The van der Waals surface area contributed by atoms with E-state index in [1.54, 1.807) is 0 Å². The Bertz CT molecular complexity index is 554. The van der Waals surface area contributed by atoms with E-state index in [1.807, 2.05) is 30.3 Å². The van der Waals surface area contributed by atoms with Crippen LogP contribution in [0.2, 0.25) is 5.02 Å². The molecule has 0 fully saturated rings. The highest BCUT2D eigenvalue weighted by Gasteiger charge is 2.12. The van der Waals surface area contributed by atoms with Gasteiger partial charge in [0.15, 0.2) is 0 Å². The Hall–Kier alpha value is -1.42. The molecule has 1 unspecified atom stereocenters. The average molecular weight is 290 g/mol. The van der Waals surface area contributed by atoms with E-state index in [-0.39, 0.29) is 0 Å². The van der Waals surface area contributed by atoms with Crippen molar-refractivity contribution in [1.29, 1.82) is 0 Å². The van der Waals surface area contributed by atoms with Gasteiger partial charge < -0.3 is 5.73 Å². The van der Waals surface area contributed by atoms with E-state index in [9.17, 15) is 0 Å². The van der Waals surface area contributed by atoms with Crippen molar-refractivity contribution in [2.45, 2.75) is 26.1 Å². The molecule has 0 aliphatic rings. The van der Waals surface area contributed by atoms with Crippen LogP contribution in [0.4, 0.5) is 0 Å². The number of pyridine rings is 1. The van der Waals surface area contributed by atoms with Crippen molar-refractivity contribution in [3.05, 3.63) is 64.4 Å². The molecule has 0 saturated carbocycles. The van der Waals surface area contributed by atoms with Crippen LogP contribution < -0.4 is 5.73 Å². The Morgan fingerprint density at radius 1 is 1.15 bits per heavy atom. The maximum Gasteiger partial charge on any atom is 0.0547 e. The van der Waals surface area contributed by atoms with Crippen LogP contribution in [0.25, 0.3) is 0 Å². The van der Waals surface area contributed by atoms with Crippen molar-refractivity contribution in [2.75, 3.05) is 7.05 Å². The third kappa shape index (κ3) is 3.79. The SMILES string of the molecule is CC(c1ccc(Cl)cc1)N(C)Cc1cccc(CN)n1. The Morgan fingerprint density at radius 2 is 1.80 bits per heavy atom. The first-order chi connectivity index (χ1) is 9.60. The number of benzene rings is 1. The zero-order valence-corrected chi connectivity index (χ0v) is 12.6. The fourth-order valence-electron chi connectivity index (χ4n) is 2.12. The van der Waals surface area contributed by atoms with Gasteiger partial charge in [0.1, 0.15) is 0 Å². The molecule has 0 radical (unpaired) electrons. The predicted molar refractivity (Wildman–Crippen MR) is 83.5 cm³/mol. The minimum atomic E-state index is 0.301. The summed E-state index contributed by atoms with van der Waals surface area (Å²) < 4.78 is 0. The summed E-state index contributed by atoms with van der Waals surface area (Å²) in [5.41, 5.74) is 8.83. The molecule has 2 rings (SSSR count). The molecule has 0 amide bonds. The Kier molecular flexibility index (Phi) is 5.12. The number of rotatable bonds is 5. The van der Waals surface area contributed by atoms with Gasteiger partial charge in [0.2, 0.25) is 0 Å². The second kappa shape index (κ2) is 6.84. The minimum absolute atomic E-state index is 0.301. The predicted octanol–water partition coefficient (Wildman–Crippen LogP) is 3.39. The van der Waals surface area contributed by atoms with Gasteiger partial charge >= 0.3 is 0 Å². The van der Waals surface area contributed by atoms with Gasteiger partial charge in [-0.05, 0) is 43.8 Å². The van der Waals surface area contributed by atoms with Gasteiger partial charge in [-0.25, -0.2) is 0 Å². The van der Waals surface area contributed by atoms with E-state index in [1.165, 1.54) is 5.56 Å². The standard InChI is InChI=1S/C16H20ClN3/c1-12(13-6-8-14(17)9-7-13)20(2)11-16-5-3-4-15(10-18)19-16/h3-9,12H,10-11,18H2,1-2H3. The highest BCUT2D eigenvalue weighted by atomic mass is 35.5. The van der Waals surface area contributed by atoms with Gasteiger partial charge in [-0.15, -0.1) is 0 Å². The van der Waals surface area contributed by atoms with Crippen molar-refractivity contribution >= 4 is 11.6 Å². The summed E-state index contributed by atoms with van der Waals surface area (Å²) in [6.45, 7) is 3.44. The van der Waals surface area contributed by atoms with Gasteiger partial charge in [-0.3, -0.25) is 9.88 Å². The Balaban J connectivity index is 2.06. The van der Waals surface area contributed by atoms with E-state index < -0.39 is 0 Å². The Morgan fingerprint density at radius 3 is 2.45 bits per heavy atom. The largest absolute Gasteiger partial charge is 0.325 e. The first kappa shape index (κ1) is 15.0. The molecule has 0 saturated heterocycles. The highest BCUT2D eigenvalue weighted by Crippen LogP contribution is 2.22. The van der Waals surface area contributed by atoms with Crippen molar-refractivity contribution in [3.63, 3.8) is 0 Å². The first-order valence-electron chi connectivity index (χ1n) is 6.70. The van der Waals surface area contributed by atoms with Gasteiger partial charge in [0.25, 0.3) is 0 Å². The van der Waals surface area contributed by atoms with Crippen molar-refractivity contribution in [2.24, 2.45) is 5.73 Å². The summed E-state index contributed by atoms with van der Waals surface area (Å²) in [5.74, 6) is 0. The number of nitrogens with zero attached hydrogens (tertiary/aromatic N) is 2. The smallest absolute Gasteiger partial charge is 0.0547 e. The maximum atomic E-state index is 5.92. The number of halogens is 1. The van der Waals surface area contributed by atoms with Crippen molar-refractivity contribution in [3.8, 4) is 0 Å². The van der Waals surface area contributed by atoms with E-state index in [2.05, 4.69) is 36.0 Å². The third-order valence-electron chi connectivity index (χ3n) is 3.50. The van der Waals surface area contributed by atoms with E-state index in [0.717, 1.165) is 23.0 Å². The van der Waals surface area contributed by atoms with Crippen LogP contribution in [0.1, 0.15) is 29.9 Å². The summed E-state index contributed by atoms with van der Waals surface area (Å²) in [7, 11) is 2.09. The van der Waals surface area contributed by atoms with Crippen LogP contribution in [0, 0.1) is 0 Å². The van der Waals surface area contributed by atoms with Gasteiger partial charge in [-0.2, -0.15) is 0 Å². The zero-order valence-electron chi connectivity index (χ0n) is 11.9. The Labute approximate surface area is 125 Å². The lowest BCUT2D eigenvalue weighted by Crippen LogP contribution is -2.22. The summed E-state index contributed by atoms with van der Waals surface area (Å²) in [6.07, 6.45) is 0. The highest BCUT2D eigenvalue weighted by molar-refractivity contribution is 6.30. The molecule has 4 heteroatoms. The monoisotopic (exact) mass is 289 g/mol. The summed E-state index contributed by atoms with van der Waals surface area (Å²) in [4.78, 5) is 6.79. The second-order valence-electron chi connectivity index (χ2n) is 4.97. The van der Waals surface area contributed by atoms with E-state index >= 15 is 0 Å². The van der Waals surface area contributed by atoms with Crippen LogP contribution >= 0.6 is 11.6 Å². The molecule has 1 heterocycles. The number of nitrogens with two attached hydrogens (primary N) is 1. The second-order valence-corrected chi connectivity index (χ2v) is 5.40. The summed E-state index contributed by atoms with van der Waals surface area (Å²) >= 11 is 5.92. The molecule has 106 valence electrons. The van der Waals surface area contributed by atoms with Gasteiger partial charge in [0, 0.05) is 24.2 Å². The van der Waals surface area contributed by atoms with Crippen molar-refractivity contribution in [1.82, 2.24) is 9.88 Å². The molecule has 1 atom stereocenters. The molecular formula is C16H20ClN3. The van der Waals surface area contributed by atoms with Crippen LogP contribution in [0.15, 0.2) is 42.5 Å². The lowest BCUT2D eigenvalue weighted by Gasteiger charge is -2.25. The van der Waals surface area contributed by atoms with Crippen LogP contribution in [-0.4, -0.2) is 16.9 Å². The van der Waals surface area contributed by atoms with Crippen LogP contribution in [0.3, 0.4) is 0 Å². The molecule has 0 spiro atoms. The average Bonchev–Trinajstić information content (AvgIpc) is 2.47. The summed E-state index contributed by atoms with van der Waals surface area (Å²) in [5, 5.41) is 0.765. The molecule has 0 bridgehead atoms. The molecule has 0 aliphatic carbocycles. The lowest BCUT2D eigenvalue weighted by molar-refractivity contribution is 0.250. The first-order valence-corrected chi connectivity index (χ1v) is 7.08. The zero-order chi connectivity index (χ0) is 14.5. The fraction of sp³-hybridized carbons (Fsp3) is 0.312. The van der Waals surface area contributed by atoms with Gasteiger partial charge in [0.05, 0.1) is 11.4 Å². The van der Waals surface area contributed by atoms with Gasteiger partial charge in [-0.1, -0.05) is 29.8 Å². The molecule has 2 N–H and O–H groups in total. The molecule has 2 aromatic rings. The molecular weight excluding hydrogens is 270 g/mol. The quantitative estimate of drug-likeness (QED) is 0.917. The van der Waals surface area contributed by atoms with Crippen LogP contribution in [0.5, 0.6) is 0 Å². The topological polar surface area (TPSA) is 42.1 Å². The molecule has 1 aromatic heterocycles. The van der Waals surface area contributed by atoms with E-state index in [4.69, 9.17) is 17.3 Å². The minimum Gasteiger partial charge on any atom is -0.325 e.